The summed E-state index contributed by atoms with van der Waals surface area (Å²) in [6.45, 7) is 5.58. The fraction of sp³-hybridized carbons (Fsp3) is 0.900. The molecule has 4 nitrogen and oxygen atoms in total. The van der Waals surface area contributed by atoms with E-state index in [0.717, 1.165) is 19.4 Å². The number of ether oxygens (including phenoxy) is 1. The Morgan fingerprint density at radius 1 is 1.64 bits per heavy atom. The second-order valence-electron chi connectivity index (χ2n) is 4.07. The molecule has 0 aromatic carbocycles. The van der Waals surface area contributed by atoms with E-state index >= 15 is 0 Å². The van der Waals surface area contributed by atoms with Crippen molar-refractivity contribution in [2.75, 3.05) is 13.2 Å². The molecule has 4 heteroatoms. The van der Waals surface area contributed by atoms with Crippen molar-refractivity contribution >= 4 is 5.91 Å². The molecule has 1 N–H and O–H groups in total. The van der Waals surface area contributed by atoms with Crippen molar-refractivity contribution in [3.05, 3.63) is 0 Å². The zero-order chi connectivity index (χ0) is 10.1. The normalized spacial score (nSPS) is 38.3. The highest BCUT2D eigenvalue weighted by Crippen LogP contribution is 2.21. The van der Waals surface area contributed by atoms with Gasteiger partial charge in [-0.2, -0.15) is 0 Å². The molecular weight excluding hydrogens is 180 g/mol. The Hall–Kier alpha value is -0.610. The number of rotatable bonds is 2. The maximum absolute atomic E-state index is 11.9. The van der Waals surface area contributed by atoms with Gasteiger partial charge in [0.15, 0.2) is 0 Å². The molecule has 14 heavy (non-hydrogen) atoms. The summed E-state index contributed by atoms with van der Waals surface area (Å²) >= 11 is 0. The van der Waals surface area contributed by atoms with Crippen molar-refractivity contribution in [2.45, 2.75) is 44.9 Å². The van der Waals surface area contributed by atoms with E-state index in [9.17, 15) is 4.79 Å². The molecule has 2 aliphatic heterocycles. The number of nitrogens with zero attached hydrogens (tertiary/aromatic N) is 1. The molecule has 0 saturated carbocycles. The van der Waals surface area contributed by atoms with Crippen LogP contribution in [0, 0.1) is 0 Å². The zero-order valence-electron chi connectivity index (χ0n) is 8.82. The lowest BCUT2D eigenvalue weighted by Crippen LogP contribution is -2.43. The summed E-state index contributed by atoms with van der Waals surface area (Å²) in [5.74, 6) is 0.246. The molecule has 0 aromatic heterocycles. The summed E-state index contributed by atoms with van der Waals surface area (Å²) < 4.78 is 5.31. The van der Waals surface area contributed by atoms with E-state index in [0.29, 0.717) is 12.6 Å². The monoisotopic (exact) mass is 198 g/mol. The molecule has 0 spiro atoms. The number of hydrogen-bond donors (Lipinski definition) is 1. The molecule has 0 aromatic rings. The summed E-state index contributed by atoms with van der Waals surface area (Å²) in [7, 11) is 0. The van der Waals surface area contributed by atoms with Gasteiger partial charge in [0.2, 0.25) is 5.91 Å². The van der Waals surface area contributed by atoms with Gasteiger partial charge >= 0.3 is 0 Å². The van der Waals surface area contributed by atoms with Crippen LogP contribution in [0.5, 0.6) is 0 Å². The quantitative estimate of drug-likeness (QED) is 0.695. The Balaban J connectivity index is 2.06. The summed E-state index contributed by atoms with van der Waals surface area (Å²) in [5.41, 5.74) is 0. The summed E-state index contributed by atoms with van der Waals surface area (Å²) in [5, 5.41) is 3.30. The predicted molar refractivity (Wildman–Crippen MR) is 52.7 cm³/mol. The summed E-state index contributed by atoms with van der Waals surface area (Å²) in [6, 6.07) is 0.312. The molecule has 2 saturated heterocycles. The van der Waals surface area contributed by atoms with Crippen LogP contribution in [0.15, 0.2) is 0 Å². The number of nitrogens with one attached hydrogen (secondary N) is 1. The first-order chi connectivity index (χ1) is 6.74. The molecule has 2 fully saturated rings. The highest BCUT2D eigenvalue weighted by atomic mass is 16.5. The second-order valence-corrected chi connectivity index (χ2v) is 4.07. The fourth-order valence-corrected chi connectivity index (χ4v) is 2.34. The number of carbonyl (C=O) groups excluding carboxylic acids is 1. The lowest BCUT2D eigenvalue weighted by atomic mass is 10.2. The average molecular weight is 198 g/mol. The highest BCUT2D eigenvalue weighted by molar-refractivity contribution is 5.84. The third-order valence-corrected chi connectivity index (χ3v) is 3.12. The highest BCUT2D eigenvalue weighted by Gasteiger charge is 2.40. The summed E-state index contributed by atoms with van der Waals surface area (Å²) in [4.78, 5) is 13.9. The predicted octanol–water partition coefficient (Wildman–Crippen LogP) is 0.332. The second kappa shape index (κ2) is 3.87. The minimum absolute atomic E-state index is 0.0191. The fourth-order valence-electron chi connectivity index (χ4n) is 2.34. The van der Waals surface area contributed by atoms with Crippen LogP contribution in [0.2, 0.25) is 0 Å². The van der Waals surface area contributed by atoms with Gasteiger partial charge < -0.3 is 9.64 Å². The van der Waals surface area contributed by atoms with Crippen molar-refractivity contribution in [1.29, 1.82) is 0 Å². The van der Waals surface area contributed by atoms with Crippen LogP contribution >= 0.6 is 0 Å². The Morgan fingerprint density at radius 3 is 2.93 bits per heavy atom. The molecule has 0 bridgehead atoms. The van der Waals surface area contributed by atoms with Gasteiger partial charge in [-0.1, -0.05) is 6.92 Å². The van der Waals surface area contributed by atoms with E-state index in [4.69, 9.17) is 4.74 Å². The molecule has 3 atom stereocenters. The third-order valence-electron chi connectivity index (χ3n) is 3.12. The van der Waals surface area contributed by atoms with Crippen LogP contribution < -0.4 is 5.32 Å². The smallest absolute Gasteiger partial charge is 0.241 e. The Morgan fingerprint density at radius 2 is 2.43 bits per heavy atom. The summed E-state index contributed by atoms with van der Waals surface area (Å²) in [6.07, 6.45) is 2.01. The van der Waals surface area contributed by atoms with E-state index in [-0.39, 0.29) is 18.1 Å². The van der Waals surface area contributed by atoms with Crippen LogP contribution in [0.3, 0.4) is 0 Å². The van der Waals surface area contributed by atoms with E-state index in [1.807, 2.05) is 18.7 Å². The van der Waals surface area contributed by atoms with Gasteiger partial charge in [-0.05, 0) is 19.8 Å². The topological polar surface area (TPSA) is 41.6 Å². The van der Waals surface area contributed by atoms with Crippen LogP contribution in [0.4, 0.5) is 0 Å². The van der Waals surface area contributed by atoms with Gasteiger partial charge in [0.05, 0.1) is 24.9 Å². The lowest BCUT2D eigenvalue weighted by Gasteiger charge is -2.26. The molecule has 2 rings (SSSR count). The number of amides is 1. The van der Waals surface area contributed by atoms with Crippen molar-refractivity contribution in [1.82, 2.24) is 10.2 Å². The maximum atomic E-state index is 11.9. The SMILES string of the molecule is CCC1NC(C)N(C2CCOC2)C1=O. The molecule has 0 radical (unpaired) electrons. The van der Waals surface area contributed by atoms with Gasteiger partial charge in [-0.15, -0.1) is 0 Å². The molecule has 2 heterocycles. The lowest BCUT2D eigenvalue weighted by molar-refractivity contribution is -0.132. The average Bonchev–Trinajstić information content (AvgIpc) is 2.74. The van der Waals surface area contributed by atoms with Crippen LogP contribution in [0.1, 0.15) is 26.7 Å². The van der Waals surface area contributed by atoms with E-state index < -0.39 is 0 Å². The number of hydrogen-bond acceptors (Lipinski definition) is 3. The first-order valence-corrected chi connectivity index (χ1v) is 5.40. The van der Waals surface area contributed by atoms with E-state index in [2.05, 4.69) is 5.32 Å². The molecule has 2 aliphatic rings. The first-order valence-electron chi connectivity index (χ1n) is 5.40. The zero-order valence-corrected chi connectivity index (χ0v) is 8.82. The van der Waals surface area contributed by atoms with Gasteiger partial charge in [-0.3, -0.25) is 10.1 Å². The molecule has 1 amide bonds. The van der Waals surface area contributed by atoms with Crippen molar-refractivity contribution in [2.24, 2.45) is 0 Å². The Bertz CT molecular complexity index is 226. The molecule has 0 aliphatic carbocycles. The largest absolute Gasteiger partial charge is 0.379 e. The van der Waals surface area contributed by atoms with E-state index in [1.165, 1.54) is 0 Å². The molecule has 3 unspecified atom stereocenters. The maximum Gasteiger partial charge on any atom is 0.241 e. The minimum atomic E-state index is 0.0191. The molecular formula is C10H18N2O2. The van der Waals surface area contributed by atoms with Crippen molar-refractivity contribution in [3.8, 4) is 0 Å². The van der Waals surface area contributed by atoms with Gasteiger partial charge in [-0.25, -0.2) is 0 Å². The van der Waals surface area contributed by atoms with E-state index in [1.54, 1.807) is 0 Å². The van der Waals surface area contributed by atoms with Gasteiger partial charge in [0.1, 0.15) is 0 Å². The minimum Gasteiger partial charge on any atom is -0.379 e. The molecule has 80 valence electrons. The third kappa shape index (κ3) is 1.53. The van der Waals surface area contributed by atoms with Crippen molar-refractivity contribution in [3.63, 3.8) is 0 Å². The number of carbonyl (C=O) groups is 1. The van der Waals surface area contributed by atoms with Crippen LogP contribution in [-0.2, 0) is 9.53 Å². The van der Waals surface area contributed by atoms with Gasteiger partial charge in [0, 0.05) is 6.61 Å². The Labute approximate surface area is 84.6 Å². The van der Waals surface area contributed by atoms with Crippen LogP contribution in [0.25, 0.3) is 0 Å². The van der Waals surface area contributed by atoms with Gasteiger partial charge in [0.25, 0.3) is 0 Å². The standard InChI is InChI=1S/C10H18N2O2/c1-3-9-10(13)12(7(2)11-9)8-4-5-14-6-8/h7-9,11H,3-6H2,1-2H3. The Kier molecular flexibility index (Phi) is 2.74. The van der Waals surface area contributed by atoms with Crippen LogP contribution in [-0.4, -0.2) is 42.3 Å². The first kappa shape index (κ1) is 9.93. The van der Waals surface area contributed by atoms with Crippen molar-refractivity contribution < 1.29 is 9.53 Å².